The predicted octanol–water partition coefficient (Wildman–Crippen LogP) is 2.50. The second-order valence-electron chi connectivity index (χ2n) is 5.34. The van der Waals surface area contributed by atoms with Gasteiger partial charge in [-0.25, -0.2) is 4.39 Å². The lowest BCUT2D eigenvalue weighted by Crippen LogP contribution is -2.36. The molecule has 3 rings (SSSR count). The van der Waals surface area contributed by atoms with Gasteiger partial charge in [-0.2, -0.15) is 0 Å². The highest BCUT2D eigenvalue weighted by molar-refractivity contribution is 6.06. The maximum Gasteiger partial charge on any atom is 0.255 e. The largest absolute Gasteiger partial charge is 0.399 e. The molecule has 23 heavy (non-hydrogen) atoms. The fourth-order valence-corrected chi connectivity index (χ4v) is 2.53. The molecule has 0 bridgehead atoms. The SMILES string of the molecule is Nc1ccc(N2CCOCC2)c(NC(=O)c2ccc(F)cc2)c1. The molecule has 0 radical (unpaired) electrons. The lowest BCUT2D eigenvalue weighted by atomic mass is 10.1. The minimum atomic E-state index is -0.375. The van der Waals surface area contributed by atoms with Gasteiger partial charge in [-0.05, 0) is 42.5 Å². The van der Waals surface area contributed by atoms with E-state index >= 15 is 0 Å². The zero-order valence-corrected chi connectivity index (χ0v) is 12.6. The van der Waals surface area contributed by atoms with E-state index in [1.54, 1.807) is 12.1 Å². The van der Waals surface area contributed by atoms with Crippen LogP contribution in [0.15, 0.2) is 42.5 Å². The smallest absolute Gasteiger partial charge is 0.255 e. The van der Waals surface area contributed by atoms with Crippen molar-refractivity contribution in [2.24, 2.45) is 0 Å². The highest BCUT2D eigenvalue weighted by atomic mass is 19.1. The average molecular weight is 315 g/mol. The molecule has 1 saturated heterocycles. The first kappa shape index (κ1) is 15.3. The van der Waals surface area contributed by atoms with Gasteiger partial charge in [-0.1, -0.05) is 0 Å². The van der Waals surface area contributed by atoms with Gasteiger partial charge in [0.2, 0.25) is 0 Å². The van der Waals surface area contributed by atoms with Crippen LogP contribution in [0.1, 0.15) is 10.4 Å². The van der Waals surface area contributed by atoms with Crippen molar-refractivity contribution >= 4 is 23.0 Å². The predicted molar refractivity (Wildman–Crippen MR) is 88.2 cm³/mol. The number of nitrogen functional groups attached to an aromatic ring is 1. The molecule has 0 spiro atoms. The van der Waals surface area contributed by atoms with E-state index in [1.807, 2.05) is 6.07 Å². The highest BCUT2D eigenvalue weighted by Gasteiger charge is 2.17. The number of hydrogen-bond donors (Lipinski definition) is 2. The van der Waals surface area contributed by atoms with E-state index in [2.05, 4.69) is 10.2 Å². The zero-order valence-electron chi connectivity index (χ0n) is 12.6. The molecule has 0 aliphatic carbocycles. The third-order valence-corrected chi connectivity index (χ3v) is 3.73. The summed E-state index contributed by atoms with van der Waals surface area (Å²) in [7, 11) is 0. The molecule has 1 amide bonds. The Morgan fingerprint density at radius 2 is 1.83 bits per heavy atom. The van der Waals surface area contributed by atoms with Gasteiger partial charge >= 0.3 is 0 Å². The number of carbonyl (C=O) groups excluding carboxylic acids is 1. The molecular formula is C17H18FN3O2. The van der Waals surface area contributed by atoms with Crippen LogP contribution in [0.25, 0.3) is 0 Å². The number of nitrogens with two attached hydrogens (primary N) is 1. The average Bonchev–Trinajstić information content (AvgIpc) is 2.56. The molecule has 1 fully saturated rings. The summed E-state index contributed by atoms with van der Waals surface area (Å²) in [6.07, 6.45) is 0. The second kappa shape index (κ2) is 6.66. The lowest BCUT2D eigenvalue weighted by molar-refractivity contribution is 0.102. The van der Waals surface area contributed by atoms with Crippen molar-refractivity contribution < 1.29 is 13.9 Å². The Morgan fingerprint density at radius 1 is 1.13 bits per heavy atom. The van der Waals surface area contributed by atoms with Crippen LogP contribution in [0, 0.1) is 5.82 Å². The Bertz CT molecular complexity index is 697. The highest BCUT2D eigenvalue weighted by Crippen LogP contribution is 2.29. The van der Waals surface area contributed by atoms with Gasteiger partial charge in [-0.15, -0.1) is 0 Å². The third kappa shape index (κ3) is 3.60. The fourth-order valence-electron chi connectivity index (χ4n) is 2.53. The number of hydrogen-bond acceptors (Lipinski definition) is 4. The van der Waals surface area contributed by atoms with Gasteiger partial charge in [-0.3, -0.25) is 4.79 Å². The van der Waals surface area contributed by atoms with E-state index in [1.165, 1.54) is 24.3 Å². The van der Waals surface area contributed by atoms with Crippen LogP contribution >= 0.6 is 0 Å². The fraction of sp³-hybridized carbons (Fsp3) is 0.235. The first-order valence-corrected chi connectivity index (χ1v) is 7.42. The van der Waals surface area contributed by atoms with Crippen molar-refractivity contribution in [3.8, 4) is 0 Å². The minimum absolute atomic E-state index is 0.301. The number of nitrogens with zero attached hydrogens (tertiary/aromatic N) is 1. The van der Waals surface area contributed by atoms with Crippen LogP contribution in [0.4, 0.5) is 21.5 Å². The maximum absolute atomic E-state index is 13.0. The molecule has 0 aromatic heterocycles. The molecular weight excluding hydrogens is 297 g/mol. The van der Waals surface area contributed by atoms with E-state index in [9.17, 15) is 9.18 Å². The first-order valence-electron chi connectivity index (χ1n) is 7.42. The number of morpholine rings is 1. The van der Waals surface area contributed by atoms with Crippen LogP contribution in [0.3, 0.4) is 0 Å². The van der Waals surface area contributed by atoms with Crippen molar-refractivity contribution in [1.82, 2.24) is 0 Å². The summed E-state index contributed by atoms with van der Waals surface area (Å²) in [6, 6.07) is 10.8. The Hall–Kier alpha value is -2.60. The summed E-state index contributed by atoms with van der Waals surface area (Å²) < 4.78 is 18.3. The van der Waals surface area contributed by atoms with Gasteiger partial charge < -0.3 is 20.7 Å². The standard InChI is InChI=1S/C17H18FN3O2/c18-13-3-1-12(2-4-13)17(22)20-15-11-14(19)5-6-16(15)21-7-9-23-10-8-21/h1-6,11H,7-10,19H2,(H,20,22). The van der Waals surface area contributed by atoms with Crippen molar-refractivity contribution in [1.29, 1.82) is 0 Å². The van der Waals surface area contributed by atoms with E-state index in [0.29, 0.717) is 30.2 Å². The van der Waals surface area contributed by atoms with Crippen LogP contribution in [-0.2, 0) is 4.74 Å². The molecule has 1 aliphatic heterocycles. The number of carbonyl (C=O) groups is 1. The number of halogens is 1. The van der Waals surface area contributed by atoms with E-state index in [-0.39, 0.29) is 11.7 Å². The van der Waals surface area contributed by atoms with Crippen molar-refractivity contribution in [2.75, 3.05) is 42.3 Å². The molecule has 1 aliphatic rings. The Balaban J connectivity index is 1.84. The summed E-state index contributed by atoms with van der Waals surface area (Å²) >= 11 is 0. The van der Waals surface area contributed by atoms with Crippen LogP contribution in [0.2, 0.25) is 0 Å². The van der Waals surface area contributed by atoms with Crippen molar-refractivity contribution in [2.45, 2.75) is 0 Å². The summed E-state index contributed by atoms with van der Waals surface area (Å²) in [6.45, 7) is 2.80. The summed E-state index contributed by atoms with van der Waals surface area (Å²) in [5, 5.41) is 2.86. The first-order chi connectivity index (χ1) is 11.1. The molecule has 1 heterocycles. The van der Waals surface area contributed by atoms with Crippen LogP contribution < -0.4 is 16.0 Å². The lowest BCUT2D eigenvalue weighted by Gasteiger charge is -2.30. The third-order valence-electron chi connectivity index (χ3n) is 3.73. The summed E-state index contributed by atoms with van der Waals surface area (Å²) in [5.41, 5.74) is 8.34. The summed E-state index contributed by atoms with van der Waals surface area (Å²) in [4.78, 5) is 14.5. The van der Waals surface area contributed by atoms with E-state index in [4.69, 9.17) is 10.5 Å². The Kier molecular flexibility index (Phi) is 4.43. The van der Waals surface area contributed by atoms with Gasteiger partial charge in [0.15, 0.2) is 0 Å². The molecule has 0 saturated carbocycles. The zero-order chi connectivity index (χ0) is 16.2. The van der Waals surface area contributed by atoms with Crippen LogP contribution in [0.5, 0.6) is 0 Å². The van der Waals surface area contributed by atoms with E-state index in [0.717, 1.165) is 18.8 Å². The number of rotatable bonds is 3. The number of ether oxygens (including phenoxy) is 1. The molecule has 2 aromatic rings. The molecule has 5 nitrogen and oxygen atoms in total. The van der Waals surface area contributed by atoms with Gasteiger partial charge in [0, 0.05) is 24.3 Å². The number of nitrogens with one attached hydrogen (secondary N) is 1. The maximum atomic E-state index is 13.0. The molecule has 120 valence electrons. The van der Waals surface area contributed by atoms with Gasteiger partial charge in [0.05, 0.1) is 24.6 Å². The molecule has 2 aromatic carbocycles. The van der Waals surface area contributed by atoms with Gasteiger partial charge in [0.1, 0.15) is 5.82 Å². The Labute approximate surface area is 133 Å². The normalized spacial score (nSPS) is 14.6. The summed E-state index contributed by atoms with van der Waals surface area (Å²) in [5.74, 6) is -0.676. The van der Waals surface area contributed by atoms with Crippen LogP contribution in [-0.4, -0.2) is 32.2 Å². The topological polar surface area (TPSA) is 67.6 Å². The molecule has 0 atom stereocenters. The molecule has 6 heteroatoms. The van der Waals surface area contributed by atoms with E-state index < -0.39 is 0 Å². The number of anilines is 3. The second-order valence-corrected chi connectivity index (χ2v) is 5.34. The van der Waals surface area contributed by atoms with Crippen molar-refractivity contribution in [3.05, 3.63) is 53.8 Å². The molecule has 3 N–H and O–H groups in total. The Morgan fingerprint density at radius 3 is 2.52 bits per heavy atom. The minimum Gasteiger partial charge on any atom is -0.399 e. The number of benzene rings is 2. The quantitative estimate of drug-likeness (QED) is 0.854. The van der Waals surface area contributed by atoms with Crippen molar-refractivity contribution in [3.63, 3.8) is 0 Å². The number of amides is 1. The molecule has 0 unspecified atom stereocenters. The monoisotopic (exact) mass is 315 g/mol. The van der Waals surface area contributed by atoms with Gasteiger partial charge in [0.25, 0.3) is 5.91 Å².